The average Bonchev–Trinajstić information content (AvgIpc) is 2.51. The molecule has 1 N–H and O–H groups in total. The van der Waals surface area contributed by atoms with E-state index >= 15 is 0 Å². The number of aromatic nitrogens is 1. The van der Waals surface area contributed by atoms with Crippen molar-refractivity contribution < 1.29 is 10.0 Å². The molecule has 5 nitrogen and oxygen atoms in total. The summed E-state index contributed by atoms with van der Waals surface area (Å²) in [5, 5.41) is 22.8. The number of hydrogen-bond donors (Lipinski definition) is 1. The van der Waals surface area contributed by atoms with Crippen molar-refractivity contribution in [3.8, 4) is 5.75 Å². The number of phenolic OH excluding ortho intramolecular Hbond substituents is 1. The zero-order valence-electron chi connectivity index (χ0n) is 10.8. The van der Waals surface area contributed by atoms with Crippen molar-refractivity contribution in [1.29, 1.82) is 0 Å². The van der Waals surface area contributed by atoms with Crippen LogP contribution in [-0.4, -0.2) is 15.0 Å². The van der Waals surface area contributed by atoms with Gasteiger partial charge in [0.05, 0.1) is 4.92 Å². The van der Waals surface area contributed by atoms with E-state index in [-0.39, 0.29) is 11.4 Å². The standard InChI is InChI=1S/C15H10N2O3S/c18-13-5-6-14(12-4-2-1-3-11(12)13)21-15-9-10(17(19)20)7-8-16-15/h1-9,18H. The second kappa shape index (κ2) is 5.41. The second-order valence-electron chi connectivity index (χ2n) is 4.34. The van der Waals surface area contributed by atoms with Crippen LogP contribution in [0, 0.1) is 10.1 Å². The van der Waals surface area contributed by atoms with Crippen molar-refractivity contribution in [2.75, 3.05) is 0 Å². The Balaban J connectivity index is 2.04. The fourth-order valence-corrected chi connectivity index (χ4v) is 2.97. The first kappa shape index (κ1) is 13.4. The first-order valence-electron chi connectivity index (χ1n) is 6.14. The molecule has 3 aromatic rings. The van der Waals surface area contributed by atoms with Gasteiger partial charge in [0.15, 0.2) is 0 Å². The van der Waals surface area contributed by atoms with Crippen LogP contribution in [0.3, 0.4) is 0 Å². The van der Waals surface area contributed by atoms with Crippen LogP contribution in [0.4, 0.5) is 5.69 Å². The lowest BCUT2D eigenvalue weighted by Crippen LogP contribution is -1.89. The molecule has 0 atom stereocenters. The van der Waals surface area contributed by atoms with Crippen molar-refractivity contribution in [2.45, 2.75) is 9.92 Å². The van der Waals surface area contributed by atoms with E-state index in [0.717, 1.165) is 15.7 Å². The molecule has 6 heteroatoms. The van der Waals surface area contributed by atoms with Gasteiger partial charge in [-0.3, -0.25) is 10.1 Å². The molecule has 104 valence electrons. The summed E-state index contributed by atoms with van der Waals surface area (Å²) in [5.41, 5.74) is 0.00980. The summed E-state index contributed by atoms with van der Waals surface area (Å²) in [7, 11) is 0. The molecule has 0 unspecified atom stereocenters. The van der Waals surface area contributed by atoms with Gasteiger partial charge in [0.2, 0.25) is 0 Å². The van der Waals surface area contributed by atoms with E-state index in [1.54, 1.807) is 12.1 Å². The predicted molar refractivity (Wildman–Crippen MR) is 80.6 cm³/mol. The number of pyridine rings is 1. The van der Waals surface area contributed by atoms with Gasteiger partial charge in [0, 0.05) is 28.6 Å². The van der Waals surface area contributed by atoms with Crippen LogP contribution < -0.4 is 0 Å². The van der Waals surface area contributed by atoms with Gasteiger partial charge in [-0.15, -0.1) is 0 Å². The molecular formula is C15H10N2O3S. The number of aromatic hydroxyl groups is 1. The third-order valence-electron chi connectivity index (χ3n) is 3.00. The molecule has 1 heterocycles. The van der Waals surface area contributed by atoms with E-state index in [0.29, 0.717) is 5.03 Å². The molecule has 0 spiro atoms. The van der Waals surface area contributed by atoms with E-state index in [9.17, 15) is 15.2 Å². The molecule has 21 heavy (non-hydrogen) atoms. The third-order valence-corrected chi connectivity index (χ3v) is 4.01. The quantitative estimate of drug-likeness (QED) is 0.584. The molecule has 2 aromatic carbocycles. The van der Waals surface area contributed by atoms with Crippen molar-refractivity contribution in [3.05, 3.63) is 64.8 Å². The zero-order valence-corrected chi connectivity index (χ0v) is 11.6. The number of fused-ring (bicyclic) bond motifs is 1. The summed E-state index contributed by atoms with van der Waals surface area (Å²) in [5.74, 6) is 0.210. The highest BCUT2D eigenvalue weighted by Gasteiger charge is 2.10. The molecule has 0 saturated heterocycles. The second-order valence-corrected chi connectivity index (χ2v) is 5.40. The number of phenols is 1. The number of hydrogen-bond acceptors (Lipinski definition) is 5. The smallest absolute Gasteiger partial charge is 0.273 e. The maximum atomic E-state index is 10.8. The normalized spacial score (nSPS) is 10.7. The topological polar surface area (TPSA) is 76.3 Å². The molecule has 0 fully saturated rings. The third kappa shape index (κ3) is 2.66. The lowest BCUT2D eigenvalue weighted by atomic mass is 10.1. The minimum Gasteiger partial charge on any atom is -0.507 e. The Bertz CT molecular complexity index is 836. The Morgan fingerprint density at radius 1 is 1.10 bits per heavy atom. The van der Waals surface area contributed by atoms with Gasteiger partial charge in [-0.25, -0.2) is 4.98 Å². The molecule has 0 aliphatic rings. The zero-order chi connectivity index (χ0) is 14.8. The van der Waals surface area contributed by atoms with Gasteiger partial charge in [0.1, 0.15) is 10.8 Å². The molecule has 3 rings (SSSR count). The van der Waals surface area contributed by atoms with E-state index in [1.807, 2.05) is 24.3 Å². The lowest BCUT2D eigenvalue weighted by molar-refractivity contribution is -0.385. The molecule has 0 saturated carbocycles. The van der Waals surface area contributed by atoms with E-state index < -0.39 is 4.92 Å². The monoisotopic (exact) mass is 298 g/mol. The van der Waals surface area contributed by atoms with Gasteiger partial charge in [-0.05, 0) is 17.5 Å². The lowest BCUT2D eigenvalue weighted by Gasteiger charge is -2.07. The molecule has 0 amide bonds. The SMILES string of the molecule is O=[N+]([O-])c1ccnc(Sc2ccc(O)c3ccccc23)c1. The summed E-state index contributed by atoms with van der Waals surface area (Å²) < 4.78 is 0. The molecule has 1 aromatic heterocycles. The maximum Gasteiger partial charge on any atom is 0.273 e. The van der Waals surface area contributed by atoms with Crippen LogP contribution in [0.1, 0.15) is 0 Å². The summed E-state index contributed by atoms with van der Waals surface area (Å²) in [6.07, 6.45) is 1.42. The number of nitrogens with zero attached hydrogens (tertiary/aromatic N) is 2. The molecule has 0 aliphatic heterocycles. The first-order chi connectivity index (χ1) is 10.1. The first-order valence-corrected chi connectivity index (χ1v) is 6.96. The minimum absolute atomic E-state index is 0.00980. The van der Waals surface area contributed by atoms with Gasteiger partial charge >= 0.3 is 0 Å². The van der Waals surface area contributed by atoms with Crippen molar-refractivity contribution in [2.24, 2.45) is 0 Å². The van der Waals surface area contributed by atoms with Crippen molar-refractivity contribution in [3.63, 3.8) is 0 Å². The maximum absolute atomic E-state index is 10.8. The summed E-state index contributed by atoms with van der Waals surface area (Å²) in [4.78, 5) is 15.4. The van der Waals surface area contributed by atoms with Crippen LogP contribution >= 0.6 is 11.8 Å². The minimum atomic E-state index is -0.444. The Morgan fingerprint density at radius 3 is 2.62 bits per heavy atom. The molecule has 0 aliphatic carbocycles. The summed E-state index contributed by atoms with van der Waals surface area (Å²) >= 11 is 1.33. The van der Waals surface area contributed by atoms with Gasteiger partial charge in [-0.1, -0.05) is 36.0 Å². The highest BCUT2D eigenvalue weighted by molar-refractivity contribution is 7.99. The fraction of sp³-hybridized carbons (Fsp3) is 0. The molecule has 0 bridgehead atoms. The van der Waals surface area contributed by atoms with Gasteiger partial charge in [-0.2, -0.15) is 0 Å². The molecule has 0 radical (unpaired) electrons. The van der Waals surface area contributed by atoms with Crippen molar-refractivity contribution >= 4 is 28.2 Å². The van der Waals surface area contributed by atoms with E-state index in [4.69, 9.17) is 0 Å². The van der Waals surface area contributed by atoms with Gasteiger partial charge in [0.25, 0.3) is 5.69 Å². The Kier molecular flexibility index (Phi) is 3.45. The average molecular weight is 298 g/mol. The fourth-order valence-electron chi connectivity index (χ4n) is 2.03. The molecular weight excluding hydrogens is 288 g/mol. The largest absolute Gasteiger partial charge is 0.507 e. The summed E-state index contributed by atoms with van der Waals surface area (Å²) in [6.45, 7) is 0. The van der Waals surface area contributed by atoms with E-state index in [1.165, 1.54) is 30.1 Å². The summed E-state index contributed by atoms with van der Waals surface area (Å²) in [6, 6.07) is 13.6. The van der Waals surface area contributed by atoms with Gasteiger partial charge < -0.3 is 5.11 Å². The van der Waals surface area contributed by atoms with Crippen LogP contribution in [0.5, 0.6) is 5.75 Å². The van der Waals surface area contributed by atoms with Crippen LogP contribution in [0.2, 0.25) is 0 Å². The Labute approximate surface area is 124 Å². The van der Waals surface area contributed by atoms with E-state index in [2.05, 4.69) is 4.98 Å². The Hall–Kier alpha value is -2.60. The number of nitro groups is 1. The van der Waals surface area contributed by atoms with Crippen LogP contribution in [0.25, 0.3) is 10.8 Å². The Morgan fingerprint density at radius 2 is 1.86 bits per heavy atom. The van der Waals surface area contributed by atoms with Crippen molar-refractivity contribution in [1.82, 2.24) is 4.98 Å². The highest BCUT2D eigenvalue weighted by atomic mass is 32.2. The predicted octanol–water partition coefficient (Wildman–Crippen LogP) is 4.00. The van der Waals surface area contributed by atoms with Crippen LogP contribution in [-0.2, 0) is 0 Å². The van der Waals surface area contributed by atoms with Crippen LogP contribution in [0.15, 0.2) is 64.6 Å². The number of benzene rings is 2. The number of rotatable bonds is 3. The highest BCUT2D eigenvalue weighted by Crippen LogP contribution is 2.36.